The maximum atomic E-state index is 12.1. The number of para-hydroxylation sites is 2. The normalized spacial score (nSPS) is 9.96. The van der Waals surface area contributed by atoms with Gasteiger partial charge in [0.2, 0.25) is 5.91 Å². The summed E-state index contributed by atoms with van der Waals surface area (Å²) in [5.41, 5.74) is 0.600. The van der Waals surface area contributed by atoms with Gasteiger partial charge in [0.25, 0.3) is 0 Å². The molecule has 0 atom stereocenters. The fourth-order valence-corrected chi connectivity index (χ4v) is 2.38. The van der Waals surface area contributed by atoms with Gasteiger partial charge in [0, 0.05) is 18.8 Å². The number of benzene rings is 2. The lowest BCUT2D eigenvalue weighted by Gasteiger charge is -2.18. The van der Waals surface area contributed by atoms with E-state index in [0.29, 0.717) is 29.5 Å². The van der Waals surface area contributed by atoms with Gasteiger partial charge in [0.1, 0.15) is 18.9 Å². The highest BCUT2D eigenvalue weighted by Crippen LogP contribution is 2.25. The Hall–Kier alpha value is -3.42. The van der Waals surface area contributed by atoms with E-state index in [1.54, 1.807) is 57.7 Å². The van der Waals surface area contributed by atoms with E-state index in [9.17, 15) is 9.59 Å². The van der Waals surface area contributed by atoms with Gasteiger partial charge in [-0.25, -0.2) is 4.79 Å². The third-order valence-electron chi connectivity index (χ3n) is 3.79. The highest BCUT2D eigenvalue weighted by molar-refractivity contribution is 5.94. The Labute approximate surface area is 164 Å². The van der Waals surface area contributed by atoms with Crippen LogP contribution in [0.15, 0.2) is 48.5 Å². The van der Waals surface area contributed by atoms with Crippen LogP contribution in [0.4, 0.5) is 10.5 Å². The van der Waals surface area contributed by atoms with Gasteiger partial charge < -0.3 is 29.7 Å². The Morgan fingerprint density at radius 2 is 1.75 bits per heavy atom. The zero-order valence-corrected chi connectivity index (χ0v) is 16.2. The lowest BCUT2D eigenvalue weighted by atomic mass is 10.3. The van der Waals surface area contributed by atoms with Gasteiger partial charge in [-0.15, -0.1) is 0 Å². The number of hydrogen-bond acceptors (Lipinski definition) is 5. The van der Waals surface area contributed by atoms with Crippen molar-refractivity contribution in [2.24, 2.45) is 0 Å². The van der Waals surface area contributed by atoms with Crippen LogP contribution in [-0.4, -0.2) is 57.8 Å². The highest BCUT2D eigenvalue weighted by atomic mass is 16.5. The van der Waals surface area contributed by atoms with Gasteiger partial charge in [0.05, 0.1) is 20.8 Å². The SMILES string of the molecule is COc1cccc(NC(=O)CN(C)C(=O)NCCOc2ccccc2OC)c1. The number of nitrogens with one attached hydrogen (secondary N) is 2. The molecule has 2 rings (SSSR count). The third kappa shape index (κ3) is 6.39. The van der Waals surface area contributed by atoms with Crippen LogP contribution in [0.2, 0.25) is 0 Å². The third-order valence-corrected chi connectivity index (χ3v) is 3.79. The Morgan fingerprint density at radius 1 is 1.00 bits per heavy atom. The lowest BCUT2D eigenvalue weighted by Crippen LogP contribution is -2.42. The van der Waals surface area contributed by atoms with Gasteiger partial charge >= 0.3 is 6.03 Å². The molecule has 0 fully saturated rings. The summed E-state index contributed by atoms with van der Waals surface area (Å²) in [6, 6.07) is 13.9. The molecule has 0 aliphatic heterocycles. The van der Waals surface area contributed by atoms with Crippen LogP contribution in [0.3, 0.4) is 0 Å². The number of carbonyl (C=O) groups is 2. The molecule has 0 bridgehead atoms. The molecular formula is C20H25N3O5. The molecule has 0 saturated heterocycles. The summed E-state index contributed by atoms with van der Waals surface area (Å²) in [5.74, 6) is 1.56. The number of nitrogens with zero attached hydrogens (tertiary/aromatic N) is 1. The van der Waals surface area contributed by atoms with Crippen LogP contribution in [0.1, 0.15) is 0 Å². The summed E-state index contributed by atoms with van der Waals surface area (Å²) < 4.78 is 15.9. The monoisotopic (exact) mass is 387 g/mol. The second-order valence-corrected chi connectivity index (χ2v) is 5.87. The first-order chi connectivity index (χ1) is 13.5. The first-order valence-electron chi connectivity index (χ1n) is 8.72. The van der Waals surface area contributed by atoms with E-state index in [1.165, 1.54) is 4.90 Å². The van der Waals surface area contributed by atoms with Crippen LogP contribution >= 0.6 is 0 Å². The van der Waals surface area contributed by atoms with Crippen molar-refractivity contribution in [3.05, 3.63) is 48.5 Å². The number of ether oxygens (including phenoxy) is 3. The zero-order valence-electron chi connectivity index (χ0n) is 16.2. The predicted molar refractivity (Wildman–Crippen MR) is 106 cm³/mol. The molecule has 0 saturated carbocycles. The van der Waals surface area contributed by atoms with E-state index in [4.69, 9.17) is 14.2 Å². The van der Waals surface area contributed by atoms with Crippen LogP contribution in [0.5, 0.6) is 17.2 Å². The largest absolute Gasteiger partial charge is 0.497 e. The molecule has 0 unspecified atom stereocenters. The summed E-state index contributed by atoms with van der Waals surface area (Å²) in [5, 5.41) is 5.42. The average Bonchev–Trinajstić information content (AvgIpc) is 2.71. The number of likely N-dealkylation sites (N-methyl/N-ethyl adjacent to an activating group) is 1. The number of urea groups is 1. The van der Waals surface area contributed by atoms with Crippen molar-refractivity contribution in [1.82, 2.24) is 10.2 Å². The maximum Gasteiger partial charge on any atom is 0.317 e. The summed E-state index contributed by atoms with van der Waals surface area (Å²) in [4.78, 5) is 25.5. The van der Waals surface area contributed by atoms with Crippen molar-refractivity contribution in [1.29, 1.82) is 0 Å². The molecule has 8 heteroatoms. The summed E-state index contributed by atoms with van der Waals surface area (Å²) >= 11 is 0. The molecule has 28 heavy (non-hydrogen) atoms. The molecule has 150 valence electrons. The zero-order chi connectivity index (χ0) is 20.4. The number of hydrogen-bond donors (Lipinski definition) is 2. The number of anilines is 1. The van der Waals surface area contributed by atoms with E-state index in [-0.39, 0.29) is 25.1 Å². The maximum absolute atomic E-state index is 12.1. The van der Waals surface area contributed by atoms with E-state index in [2.05, 4.69) is 10.6 Å². The van der Waals surface area contributed by atoms with Gasteiger partial charge in [-0.1, -0.05) is 18.2 Å². The van der Waals surface area contributed by atoms with Gasteiger partial charge in [0.15, 0.2) is 11.5 Å². The van der Waals surface area contributed by atoms with Crippen molar-refractivity contribution in [2.45, 2.75) is 0 Å². The minimum Gasteiger partial charge on any atom is -0.497 e. The minimum absolute atomic E-state index is 0.0869. The second-order valence-electron chi connectivity index (χ2n) is 5.87. The Bertz CT molecular complexity index is 797. The van der Waals surface area contributed by atoms with E-state index in [1.807, 2.05) is 12.1 Å². The standard InChI is InChI=1S/C20H25N3O5/c1-23(14-19(24)22-15-7-6-8-16(13-15)26-2)20(25)21-11-12-28-18-10-5-4-9-17(18)27-3/h4-10,13H,11-12,14H2,1-3H3,(H,21,25)(H,22,24). The minimum atomic E-state index is -0.371. The molecular weight excluding hydrogens is 362 g/mol. The van der Waals surface area contributed by atoms with Crippen molar-refractivity contribution in [3.8, 4) is 17.2 Å². The Morgan fingerprint density at radius 3 is 2.46 bits per heavy atom. The molecule has 0 aliphatic carbocycles. The molecule has 3 amide bonds. The predicted octanol–water partition coefficient (Wildman–Crippen LogP) is 2.36. The molecule has 0 aromatic heterocycles. The smallest absolute Gasteiger partial charge is 0.317 e. The van der Waals surface area contributed by atoms with Gasteiger partial charge in [-0.3, -0.25) is 4.79 Å². The Balaban J connectivity index is 1.72. The topological polar surface area (TPSA) is 89.1 Å². The van der Waals surface area contributed by atoms with Crippen molar-refractivity contribution in [3.63, 3.8) is 0 Å². The van der Waals surface area contributed by atoms with Crippen molar-refractivity contribution < 1.29 is 23.8 Å². The Kier molecular flexibility index (Phi) is 7.95. The molecule has 0 heterocycles. The molecule has 2 aromatic carbocycles. The van der Waals surface area contributed by atoms with E-state index >= 15 is 0 Å². The quantitative estimate of drug-likeness (QED) is 0.645. The van der Waals surface area contributed by atoms with Crippen LogP contribution in [-0.2, 0) is 4.79 Å². The summed E-state index contributed by atoms with van der Waals surface area (Å²) in [7, 11) is 4.66. The first kappa shape index (κ1) is 20.9. The average molecular weight is 387 g/mol. The summed E-state index contributed by atoms with van der Waals surface area (Å²) in [6.07, 6.45) is 0. The van der Waals surface area contributed by atoms with Gasteiger partial charge in [-0.05, 0) is 24.3 Å². The number of carbonyl (C=O) groups excluding carboxylic acids is 2. The van der Waals surface area contributed by atoms with Crippen LogP contribution in [0.25, 0.3) is 0 Å². The molecule has 0 spiro atoms. The number of amides is 3. The molecule has 8 nitrogen and oxygen atoms in total. The first-order valence-corrected chi connectivity index (χ1v) is 8.72. The molecule has 2 N–H and O–H groups in total. The van der Waals surface area contributed by atoms with Gasteiger partial charge in [-0.2, -0.15) is 0 Å². The number of methoxy groups -OCH3 is 2. The fraction of sp³-hybridized carbons (Fsp3) is 0.300. The van der Waals surface area contributed by atoms with E-state index in [0.717, 1.165) is 0 Å². The highest BCUT2D eigenvalue weighted by Gasteiger charge is 2.13. The van der Waals surface area contributed by atoms with E-state index < -0.39 is 0 Å². The fourth-order valence-electron chi connectivity index (χ4n) is 2.38. The van der Waals surface area contributed by atoms with Crippen LogP contribution in [0, 0.1) is 0 Å². The summed E-state index contributed by atoms with van der Waals surface area (Å²) in [6.45, 7) is 0.477. The molecule has 0 aliphatic rings. The second kappa shape index (κ2) is 10.7. The lowest BCUT2D eigenvalue weighted by molar-refractivity contribution is -0.116. The van der Waals surface area contributed by atoms with Crippen molar-refractivity contribution >= 4 is 17.6 Å². The molecule has 2 aromatic rings. The molecule has 0 radical (unpaired) electrons. The van der Waals surface area contributed by atoms with Crippen molar-refractivity contribution in [2.75, 3.05) is 46.3 Å². The van der Waals surface area contributed by atoms with Crippen LogP contribution < -0.4 is 24.8 Å². The number of rotatable bonds is 9.